The molecule has 0 atom stereocenters. The summed E-state index contributed by atoms with van der Waals surface area (Å²) in [6.45, 7) is 0. The van der Waals surface area contributed by atoms with Crippen LogP contribution in [0.15, 0.2) is 17.7 Å². The lowest BCUT2D eigenvalue weighted by molar-refractivity contribution is 0.931. The Bertz CT molecular complexity index is 901. The van der Waals surface area contributed by atoms with Gasteiger partial charge in [-0.25, -0.2) is 0 Å². The van der Waals surface area contributed by atoms with Gasteiger partial charge < -0.3 is 4.90 Å². The number of nitriles is 2. The van der Waals surface area contributed by atoms with Gasteiger partial charge in [0.25, 0.3) is 0 Å². The van der Waals surface area contributed by atoms with Crippen LogP contribution in [0.1, 0.15) is 11.3 Å². The third-order valence-electron chi connectivity index (χ3n) is 4.88. The van der Waals surface area contributed by atoms with Crippen LogP contribution in [-0.4, -0.2) is 22.2 Å². The first-order chi connectivity index (χ1) is 11.1. The average Bonchev–Trinajstić information content (AvgIpc) is 3.12. The minimum absolute atomic E-state index is 0.189. The Balaban J connectivity index is 1.88. The molecule has 23 heavy (non-hydrogen) atoms. The number of rotatable bonds is 2. The quantitative estimate of drug-likeness (QED) is 0.615. The molecular weight excluding hydrogens is 338 g/mol. The second-order valence-electron chi connectivity index (χ2n) is 6.33. The summed E-state index contributed by atoms with van der Waals surface area (Å²) in [7, 11) is 2.71. The highest BCUT2D eigenvalue weighted by Gasteiger charge is 2.51. The molecule has 0 aromatic carbocycles. The predicted octanol–water partition coefficient (Wildman–Crippen LogP) is 3.25. The van der Waals surface area contributed by atoms with Crippen LogP contribution < -0.4 is 15.3 Å². The third-order valence-corrected chi connectivity index (χ3v) is 13.1. The summed E-state index contributed by atoms with van der Waals surface area (Å²) in [5.74, 6) is 0. The van der Waals surface area contributed by atoms with E-state index in [2.05, 4.69) is 31.1 Å². The molecule has 1 saturated heterocycles. The first-order valence-corrected chi connectivity index (χ1v) is 11.6. The Kier molecular flexibility index (Phi) is 3.24. The fourth-order valence-electron chi connectivity index (χ4n) is 3.57. The molecule has 1 fully saturated rings. The Hall–Kier alpha value is -1.86. The maximum absolute atomic E-state index is 8.99. The Morgan fingerprint density at radius 3 is 2.35 bits per heavy atom. The number of hydrogen-bond donors (Lipinski definition) is 0. The van der Waals surface area contributed by atoms with Crippen molar-refractivity contribution in [1.82, 2.24) is 0 Å². The highest BCUT2D eigenvalue weighted by Crippen LogP contribution is 2.48. The van der Waals surface area contributed by atoms with Gasteiger partial charge in [0.1, 0.15) is 25.8 Å². The van der Waals surface area contributed by atoms with Gasteiger partial charge in [0.15, 0.2) is 0 Å². The molecule has 2 aromatic rings. The zero-order valence-electron chi connectivity index (χ0n) is 13.0. The highest BCUT2D eigenvalue weighted by atomic mass is 32.1. The van der Waals surface area contributed by atoms with Crippen molar-refractivity contribution in [3.8, 4) is 21.9 Å². The molecule has 2 aliphatic heterocycles. The zero-order chi connectivity index (χ0) is 16.2. The van der Waals surface area contributed by atoms with Crippen LogP contribution in [0.5, 0.6) is 0 Å². The van der Waals surface area contributed by atoms with E-state index in [-0.39, 0.29) is 5.57 Å². The Labute approximate surface area is 144 Å². The lowest BCUT2D eigenvalue weighted by Crippen LogP contribution is -2.59. The standard InChI is InChI=1S/C17H15N3S2Si/c1-20(2)15-8-14-17(22-15)16-13(23(14)4-3-5-23)7-12(21-16)6-11(9-18)10-19/h6-8H,3-5H2,1-2H3. The number of allylic oxidation sites excluding steroid dienone is 1. The summed E-state index contributed by atoms with van der Waals surface area (Å²) in [6, 6.07) is 11.3. The highest BCUT2D eigenvalue weighted by molar-refractivity contribution is 7.31. The second-order valence-corrected chi connectivity index (χ2v) is 12.7. The predicted molar refractivity (Wildman–Crippen MR) is 100 cm³/mol. The van der Waals surface area contributed by atoms with Crippen LogP contribution in [-0.2, 0) is 0 Å². The van der Waals surface area contributed by atoms with Gasteiger partial charge in [-0.2, -0.15) is 10.5 Å². The van der Waals surface area contributed by atoms with Gasteiger partial charge in [-0.05, 0) is 40.7 Å². The molecular formula is C17H15N3S2Si. The number of hydrogen-bond acceptors (Lipinski definition) is 5. The van der Waals surface area contributed by atoms with E-state index in [0.29, 0.717) is 0 Å². The maximum atomic E-state index is 8.99. The molecule has 3 nitrogen and oxygen atoms in total. The van der Waals surface area contributed by atoms with Crippen LogP contribution >= 0.6 is 22.7 Å². The summed E-state index contributed by atoms with van der Waals surface area (Å²) < 4.78 is 0. The normalized spacial score (nSPS) is 16.0. The molecule has 4 rings (SSSR count). The van der Waals surface area contributed by atoms with Crippen LogP contribution in [0.2, 0.25) is 12.1 Å². The van der Waals surface area contributed by atoms with E-state index in [0.717, 1.165) is 4.88 Å². The number of nitrogens with zero attached hydrogens (tertiary/aromatic N) is 3. The molecule has 0 amide bonds. The van der Waals surface area contributed by atoms with Gasteiger partial charge in [-0.1, -0.05) is 6.42 Å². The molecule has 2 aromatic heterocycles. The Morgan fingerprint density at radius 2 is 1.78 bits per heavy atom. The van der Waals surface area contributed by atoms with E-state index in [4.69, 9.17) is 10.5 Å². The van der Waals surface area contributed by atoms with Gasteiger partial charge >= 0.3 is 0 Å². The third kappa shape index (κ3) is 1.96. The minimum atomic E-state index is -1.50. The smallest absolute Gasteiger partial charge is 0.131 e. The summed E-state index contributed by atoms with van der Waals surface area (Å²) in [5, 5.41) is 22.5. The summed E-state index contributed by atoms with van der Waals surface area (Å²) in [4.78, 5) is 6.11. The van der Waals surface area contributed by atoms with E-state index >= 15 is 0 Å². The Morgan fingerprint density at radius 1 is 1.13 bits per heavy atom. The summed E-state index contributed by atoms with van der Waals surface area (Å²) in [6.07, 6.45) is 3.07. The number of thiophene rings is 2. The monoisotopic (exact) mass is 353 g/mol. The van der Waals surface area contributed by atoms with E-state index in [1.807, 2.05) is 23.5 Å². The van der Waals surface area contributed by atoms with Crippen molar-refractivity contribution in [2.75, 3.05) is 19.0 Å². The van der Waals surface area contributed by atoms with Gasteiger partial charge in [-0.15, -0.1) is 22.7 Å². The second kappa shape index (κ2) is 5.07. The van der Waals surface area contributed by atoms with Crippen molar-refractivity contribution in [2.45, 2.75) is 18.5 Å². The first kappa shape index (κ1) is 14.7. The average molecular weight is 354 g/mol. The minimum Gasteiger partial charge on any atom is -0.370 e. The molecule has 0 aliphatic carbocycles. The van der Waals surface area contributed by atoms with Gasteiger partial charge in [0, 0.05) is 28.7 Å². The summed E-state index contributed by atoms with van der Waals surface area (Å²) >= 11 is 3.64. The van der Waals surface area contributed by atoms with Crippen LogP contribution in [0, 0.1) is 22.7 Å². The van der Waals surface area contributed by atoms with E-state index in [1.54, 1.807) is 27.8 Å². The molecule has 0 saturated carbocycles. The number of fused-ring (bicyclic) bond motifs is 5. The fraction of sp³-hybridized carbons (Fsp3) is 0.294. The van der Waals surface area contributed by atoms with E-state index < -0.39 is 8.07 Å². The SMILES string of the molecule is CN(C)c1cc2c(s1)-c1sc(C=C(C#N)C#N)cc1[Si]21CCC1. The maximum Gasteiger partial charge on any atom is 0.131 e. The molecule has 0 N–H and O–H groups in total. The molecule has 114 valence electrons. The lowest BCUT2D eigenvalue weighted by Gasteiger charge is -2.37. The topological polar surface area (TPSA) is 50.8 Å². The molecule has 0 radical (unpaired) electrons. The van der Waals surface area contributed by atoms with Gasteiger partial charge in [0.2, 0.25) is 0 Å². The molecule has 6 heteroatoms. The largest absolute Gasteiger partial charge is 0.370 e. The van der Waals surface area contributed by atoms with Crippen LogP contribution in [0.4, 0.5) is 5.00 Å². The van der Waals surface area contributed by atoms with Crippen molar-refractivity contribution < 1.29 is 0 Å². The molecule has 1 spiro atoms. The molecule has 0 bridgehead atoms. The zero-order valence-corrected chi connectivity index (χ0v) is 15.6. The van der Waals surface area contributed by atoms with Gasteiger partial charge in [0.05, 0.1) is 5.00 Å². The van der Waals surface area contributed by atoms with E-state index in [9.17, 15) is 0 Å². The van der Waals surface area contributed by atoms with Crippen LogP contribution in [0.25, 0.3) is 15.8 Å². The van der Waals surface area contributed by atoms with E-state index in [1.165, 1.54) is 33.3 Å². The van der Waals surface area contributed by atoms with Crippen molar-refractivity contribution in [3.05, 3.63) is 22.6 Å². The lowest BCUT2D eigenvalue weighted by atomic mass is 10.3. The van der Waals surface area contributed by atoms with Crippen LogP contribution in [0.3, 0.4) is 0 Å². The van der Waals surface area contributed by atoms with Gasteiger partial charge in [-0.3, -0.25) is 0 Å². The molecule has 4 heterocycles. The first-order valence-electron chi connectivity index (χ1n) is 7.57. The molecule has 0 unspecified atom stereocenters. The van der Waals surface area contributed by atoms with Crippen molar-refractivity contribution in [3.63, 3.8) is 0 Å². The molecule has 2 aliphatic rings. The van der Waals surface area contributed by atoms with Crippen molar-refractivity contribution in [1.29, 1.82) is 10.5 Å². The summed E-state index contributed by atoms with van der Waals surface area (Å²) in [5.41, 5.74) is 0.189. The number of anilines is 1. The fourth-order valence-corrected chi connectivity index (χ4v) is 12.0. The van der Waals surface area contributed by atoms with Crippen molar-refractivity contribution >= 4 is 52.2 Å². The van der Waals surface area contributed by atoms with Crippen molar-refractivity contribution in [2.24, 2.45) is 0 Å².